The van der Waals surface area contributed by atoms with Crippen LogP contribution in [0.15, 0.2) is 18.2 Å². The van der Waals surface area contributed by atoms with Crippen molar-refractivity contribution < 1.29 is 19.1 Å². The van der Waals surface area contributed by atoms with Gasteiger partial charge in [0.1, 0.15) is 12.3 Å². The van der Waals surface area contributed by atoms with Gasteiger partial charge in [-0.25, -0.2) is 0 Å². The monoisotopic (exact) mass is 359 g/mol. The van der Waals surface area contributed by atoms with E-state index in [0.717, 1.165) is 25.9 Å². The highest BCUT2D eigenvalue weighted by molar-refractivity contribution is 6.04. The molecule has 0 N–H and O–H groups in total. The molecule has 3 rings (SSSR count). The fraction of sp³-hybridized carbons (Fsp3) is 0.526. The van der Waals surface area contributed by atoms with Crippen LogP contribution in [0, 0.1) is 0 Å². The first-order chi connectivity index (χ1) is 12.5. The van der Waals surface area contributed by atoms with Gasteiger partial charge in [0.15, 0.2) is 6.61 Å². The average Bonchev–Trinajstić information content (AvgIpc) is 3.19. The molecule has 1 aromatic rings. The minimum absolute atomic E-state index is 0.0158. The summed E-state index contributed by atoms with van der Waals surface area (Å²) >= 11 is 0. The molecule has 0 aliphatic carbocycles. The van der Waals surface area contributed by atoms with Gasteiger partial charge in [0, 0.05) is 31.7 Å². The number of amides is 3. The number of benzene rings is 1. The molecule has 0 saturated carbocycles. The summed E-state index contributed by atoms with van der Waals surface area (Å²) < 4.78 is 5.48. The molecule has 0 radical (unpaired) electrons. The number of rotatable bonds is 5. The van der Waals surface area contributed by atoms with Crippen LogP contribution in [0.5, 0.6) is 5.75 Å². The van der Waals surface area contributed by atoms with Crippen LogP contribution in [-0.4, -0.2) is 66.9 Å². The van der Waals surface area contributed by atoms with E-state index in [2.05, 4.69) is 0 Å². The van der Waals surface area contributed by atoms with Crippen molar-refractivity contribution in [2.75, 3.05) is 44.2 Å². The third-order valence-corrected chi connectivity index (χ3v) is 4.95. The molecule has 0 atom stereocenters. The lowest BCUT2D eigenvalue weighted by atomic mass is 10.1. The van der Waals surface area contributed by atoms with Crippen LogP contribution in [0.3, 0.4) is 0 Å². The number of hydrogen-bond acceptors (Lipinski definition) is 4. The molecule has 0 aromatic heterocycles. The van der Waals surface area contributed by atoms with Gasteiger partial charge in [-0.1, -0.05) is 0 Å². The predicted octanol–water partition coefficient (Wildman–Crippen LogP) is 1.52. The molecular formula is C19H25N3O4. The van der Waals surface area contributed by atoms with Crippen molar-refractivity contribution in [3.05, 3.63) is 23.8 Å². The third-order valence-electron chi connectivity index (χ3n) is 4.95. The van der Waals surface area contributed by atoms with Gasteiger partial charge >= 0.3 is 0 Å². The molecule has 0 bridgehead atoms. The second kappa shape index (κ2) is 7.76. The van der Waals surface area contributed by atoms with Crippen LogP contribution in [-0.2, 0) is 9.59 Å². The molecule has 7 heteroatoms. The number of hydrogen-bond donors (Lipinski definition) is 0. The van der Waals surface area contributed by atoms with Crippen molar-refractivity contribution >= 4 is 23.4 Å². The van der Waals surface area contributed by atoms with E-state index in [1.807, 2.05) is 13.8 Å². The summed E-state index contributed by atoms with van der Waals surface area (Å²) in [5.41, 5.74) is 0.983. The first kappa shape index (κ1) is 18.2. The molecule has 1 fully saturated rings. The first-order valence-electron chi connectivity index (χ1n) is 9.19. The van der Waals surface area contributed by atoms with E-state index in [1.54, 1.807) is 28.0 Å². The predicted molar refractivity (Wildman–Crippen MR) is 97.4 cm³/mol. The maximum atomic E-state index is 12.6. The van der Waals surface area contributed by atoms with Crippen molar-refractivity contribution in [1.29, 1.82) is 0 Å². The Morgan fingerprint density at radius 2 is 1.85 bits per heavy atom. The van der Waals surface area contributed by atoms with Crippen molar-refractivity contribution in [3.8, 4) is 5.75 Å². The van der Waals surface area contributed by atoms with E-state index < -0.39 is 0 Å². The zero-order chi connectivity index (χ0) is 18.7. The quantitative estimate of drug-likeness (QED) is 0.799. The van der Waals surface area contributed by atoms with E-state index >= 15 is 0 Å². The molecule has 2 aliphatic heterocycles. The molecule has 140 valence electrons. The molecule has 0 spiro atoms. The summed E-state index contributed by atoms with van der Waals surface area (Å²) in [5.74, 6) is 0.0956. The van der Waals surface area contributed by atoms with Crippen LogP contribution < -0.4 is 9.64 Å². The van der Waals surface area contributed by atoms with E-state index in [0.29, 0.717) is 30.1 Å². The van der Waals surface area contributed by atoms with Crippen LogP contribution in [0.1, 0.15) is 37.0 Å². The highest BCUT2D eigenvalue weighted by Gasteiger charge is 2.30. The Bertz CT molecular complexity index is 709. The highest BCUT2D eigenvalue weighted by atomic mass is 16.5. The Morgan fingerprint density at radius 1 is 1.15 bits per heavy atom. The standard InChI is InChI=1S/C19H25N3O4/c1-3-20(4-2)19(25)14-7-8-16-15(11-14)22(18(24)13-26-16)12-17(23)21-9-5-6-10-21/h7-8,11H,3-6,9-10,12-13H2,1-2H3. The second-order valence-corrected chi connectivity index (χ2v) is 6.52. The van der Waals surface area contributed by atoms with E-state index in [-0.39, 0.29) is 30.9 Å². The molecule has 2 heterocycles. The number of fused-ring (bicyclic) bond motifs is 1. The van der Waals surface area contributed by atoms with Crippen LogP contribution in [0.2, 0.25) is 0 Å². The lowest BCUT2D eigenvalue weighted by Gasteiger charge is -2.31. The van der Waals surface area contributed by atoms with Gasteiger partial charge < -0.3 is 14.5 Å². The molecule has 1 aromatic carbocycles. The van der Waals surface area contributed by atoms with Crippen LogP contribution in [0.4, 0.5) is 5.69 Å². The number of ether oxygens (including phenoxy) is 1. The second-order valence-electron chi connectivity index (χ2n) is 6.52. The number of carbonyl (C=O) groups excluding carboxylic acids is 3. The first-order valence-corrected chi connectivity index (χ1v) is 9.19. The van der Waals surface area contributed by atoms with E-state index in [1.165, 1.54) is 4.90 Å². The summed E-state index contributed by atoms with van der Waals surface area (Å²) in [7, 11) is 0. The Hall–Kier alpha value is -2.57. The Balaban J connectivity index is 1.86. The fourth-order valence-corrected chi connectivity index (χ4v) is 3.40. The normalized spacial score (nSPS) is 16.3. The SMILES string of the molecule is CCN(CC)C(=O)c1ccc2c(c1)N(CC(=O)N1CCCC1)C(=O)CO2. The number of likely N-dealkylation sites (tertiary alicyclic amines) is 1. The summed E-state index contributed by atoms with van der Waals surface area (Å²) in [6.07, 6.45) is 2.00. The topological polar surface area (TPSA) is 70.2 Å². The van der Waals surface area contributed by atoms with Crippen molar-refractivity contribution in [3.63, 3.8) is 0 Å². The molecular weight excluding hydrogens is 334 g/mol. The smallest absolute Gasteiger partial charge is 0.265 e. The lowest BCUT2D eigenvalue weighted by molar-refractivity contribution is -0.131. The summed E-state index contributed by atoms with van der Waals surface area (Å²) in [6.45, 7) is 6.44. The number of anilines is 1. The molecule has 26 heavy (non-hydrogen) atoms. The van der Waals surface area contributed by atoms with E-state index in [9.17, 15) is 14.4 Å². The molecule has 0 unspecified atom stereocenters. The van der Waals surface area contributed by atoms with Gasteiger partial charge in [0.05, 0.1) is 5.69 Å². The minimum atomic E-state index is -0.266. The fourth-order valence-electron chi connectivity index (χ4n) is 3.40. The maximum absolute atomic E-state index is 12.6. The van der Waals surface area contributed by atoms with E-state index in [4.69, 9.17) is 4.74 Å². The van der Waals surface area contributed by atoms with Crippen molar-refractivity contribution in [2.45, 2.75) is 26.7 Å². The Labute approximate surface area is 153 Å². The van der Waals surface area contributed by atoms with Gasteiger partial charge in [-0.15, -0.1) is 0 Å². The zero-order valence-electron chi connectivity index (χ0n) is 15.4. The summed E-state index contributed by atoms with van der Waals surface area (Å²) in [5, 5.41) is 0. The third kappa shape index (κ3) is 3.52. The summed E-state index contributed by atoms with van der Waals surface area (Å²) in [4.78, 5) is 42.4. The maximum Gasteiger partial charge on any atom is 0.265 e. The Kier molecular flexibility index (Phi) is 5.44. The minimum Gasteiger partial charge on any atom is -0.482 e. The van der Waals surface area contributed by atoms with Gasteiger partial charge in [-0.05, 0) is 44.9 Å². The molecule has 7 nitrogen and oxygen atoms in total. The van der Waals surface area contributed by atoms with Crippen molar-refractivity contribution in [2.24, 2.45) is 0 Å². The van der Waals surface area contributed by atoms with Gasteiger partial charge in [-0.2, -0.15) is 0 Å². The summed E-state index contributed by atoms with van der Waals surface area (Å²) in [6, 6.07) is 5.06. The van der Waals surface area contributed by atoms with Crippen LogP contribution in [0.25, 0.3) is 0 Å². The molecule has 1 saturated heterocycles. The molecule has 2 aliphatic rings. The Morgan fingerprint density at radius 3 is 2.50 bits per heavy atom. The van der Waals surface area contributed by atoms with Crippen molar-refractivity contribution in [1.82, 2.24) is 9.80 Å². The van der Waals surface area contributed by atoms with Gasteiger partial charge in [0.25, 0.3) is 11.8 Å². The van der Waals surface area contributed by atoms with Gasteiger partial charge in [0.2, 0.25) is 5.91 Å². The zero-order valence-corrected chi connectivity index (χ0v) is 15.4. The number of nitrogens with zero attached hydrogens (tertiary/aromatic N) is 3. The largest absolute Gasteiger partial charge is 0.482 e. The van der Waals surface area contributed by atoms with Gasteiger partial charge in [-0.3, -0.25) is 19.3 Å². The highest BCUT2D eigenvalue weighted by Crippen LogP contribution is 2.33. The lowest BCUT2D eigenvalue weighted by Crippen LogP contribution is -2.46. The van der Waals surface area contributed by atoms with Crippen LogP contribution >= 0.6 is 0 Å². The number of carbonyl (C=O) groups is 3. The molecule has 3 amide bonds. The average molecular weight is 359 g/mol.